The number of nitrogens with zero attached hydrogens (tertiary/aromatic N) is 5. The molecule has 25 heavy (non-hydrogen) atoms. The number of anilines is 2. The number of nitrogens with two attached hydrogens (primary N) is 1. The van der Waals surface area contributed by atoms with Crippen molar-refractivity contribution < 1.29 is 9.90 Å². The second-order valence-electron chi connectivity index (χ2n) is 5.72. The minimum Gasteiger partial charge on any atom is -0.492 e. The van der Waals surface area contributed by atoms with Gasteiger partial charge in [-0.05, 0) is 12.1 Å². The molecule has 1 aliphatic rings. The molecule has 0 bridgehead atoms. The Morgan fingerprint density at radius 1 is 1.16 bits per heavy atom. The number of amides is 1. The maximum Gasteiger partial charge on any atom is 0.257 e. The maximum absolute atomic E-state index is 12.9. The molecule has 0 aliphatic carbocycles. The van der Waals surface area contributed by atoms with E-state index in [0.29, 0.717) is 28.9 Å². The number of rotatable bonds is 2. The summed E-state index contributed by atoms with van der Waals surface area (Å²) >= 11 is 1.24. The molecule has 3 aromatic rings. The van der Waals surface area contributed by atoms with Crippen molar-refractivity contribution in [3.8, 4) is 5.88 Å². The molecule has 1 aliphatic heterocycles. The van der Waals surface area contributed by atoms with Gasteiger partial charge in [0.05, 0.1) is 5.56 Å². The second kappa shape index (κ2) is 6.17. The fraction of sp³-hybridized carbons (Fsp3) is 0.250. The van der Waals surface area contributed by atoms with Gasteiger partial charge in [-0.1, -0.05) is 0 Å². The first-order chi connectivity index (χ1) is 12.1. The van der Waals surface area contributed by atoms with Gasteiger partial charge >= 0.3 is 0 Å². The Kier molecular flexibility index (Phi) is 3.85. The Morgan fingerprint density at radius 3 is 2.60 bits per heavy atom. The summed E-state index contributed by atoms with van der Waals surface area (Å²) < 4.78 is 0.480. The zero-order valence-corrected chi connectivity index (χ0v) is 14.1. The van der Waals surface area contributed by atoms with Crippen LogP contribution in [0.4, 0.5) is 11.6 Å². The fourth-order valence-corrected chi connectivity index (χ4v) is 3.83. The normalized spacial score (nSPS) is 14.9. The van der Waals surface area contributed by atoms with Crippen LogP contribution in [-0.4, -0.2) is 57.0 Å². The number of aromatic nitrogens is 3. The molecule has 128 valence electrons. The average molecular weight is 356 g/mol. The third-order valence-corrected chi connectivity index (χ3v) is 5.21. The number of carbonyl (C=O) groups excluding carboxylic acids is 1. The summed E-state index contributed by atoms with van der Waals surface area (Å²) in [4.78, 5) is 28.8. The third kappa shape index (κ3) is 2.82. The van der Waals surface area contributed by atoms with Crippen LogP contribution in [0.1, 0.15) is 10.4 Å². The molecule has 1 amide bonds. The Bertz CT molecular complexity index is 921. The average Bonchev–Trinajstić information content (AvgIpc) is 3.06. The van der Waals surface area contributed by atoms with Gasteiger partial charge in [0, 0.05) is 49.6 Å². The first kappa shape index (κ1) is 15.6. The lowest BCUT2D eigenvalue weighted by atomic mass is 10.2. The van der Waals surface area contributed by atoms with Crippen molar-refractivity contribution >= 4 is 39.1 Å². The number of hydrogen-bond donors (Lipinski definition) is 2. The molecular formula is C16H16N6O2S. The number of hydrogen-bond acceptors (Lipinski definition) is 8. The summed E-state index contributed by atoms with van der Waals surface area (Å²) in [6, 6.07) is 3.93. The van der Waals surface area contributed by atoms with Gasteiger partial charge in [0.2, 0.25) is 11.8 Å². The highest BCUT2D eigenvalue weighted by atomic mass is 32.1. The predicted molar refractivity (Wildman–Crippen MR) is 95.8 cm³/mol. The molecule has 0 unspecified atom stereocenters. The maximum atomic E-state index is 12.9. The minimum atomic E-state index is -0.186. The van der Waals surface area contributed by atoms with E-state index < -0.39 is 0 Å². The predicted octanol–water partition coefficient (Wildman–Crippen LogP) is 1.34. The van der Waals surface area contributed by atoms with Gasteiger partial charge in [-0.2, -0.15) is 4.98 Å². The van der Waals surface area contributed by atoms with Crippen LogP contribution in [0.15, 0.2) is 29.9 Å². The Morgan fingerprint density at radius 2 is 1.88 bits per heavy atom. The van der Waals surface area contributed by atoms with Crippen LogP contribution in [0, 0.1) is 0 Å². The first-order valence-electron chi connectivity index (χ1n) is 7.81. The number of aromatic hydroxyl groups is 1. The van der Waals surface area contributed by atoms with Crippen LogP contribution in [0.2, 0.25) is 0 Å². The molecule has 3 aromatic heterocycles. The third-order valence-electron chi connectivity index (χ3n) is 4.24. The van der Waals surface area contributed by atoms with E-state index >= 15 is 0 Å². The molecule has 0 radical (unpaired) electrons. The molecule has 1 fully saturated rings. The van der Waals surface area contributed by atoms with Crippen molar-refractivity contribution in [2.45, 2.75) is 0 Å². The van der Waals surface area contributed by atoms with Crippen molar-refractivity contribution in [3.05, 3.63) is 35.5 Å². The highest BCUT2D eigenvalue weighted by Gasteiger charge is 2.25. The number of piperazine rings is 1. The summed E-state index contributed by atoms with van der Waals surface area (Å²) in [5.74, 6) is -0.327. The highest BCUT2D eigenvalue weighted by molar-refractivity contribution is 7.17. The minimum absolute atomic E-state index is 0.0417. The molecule has 4 rings (SSSR count). The molecule has 0 atom stereocenters. The van der Waals surface area contributed by atoms with E-state index in [2.05, 4.69) is 19.9 Å². The van der Waals surface area contributed by atoms with E-state index in [1.165, 1.54) is 11.3 Å². The summed E-state index contributed by atoms with van der Waals surface area (Å²) in [5.41, 5.74) is 7.58. The van der Waals surface area contributed by atoms with Crippen LogP contribution >= 0.6 is 11.3 Å². The van der Waals surface area contributed by atoms with Crippen LogP contribution in [0.3, 0.4) is 0 Å². The Labute approximate surface area is 147 Å². The van der Waals surface area contributed by atoms with E-state index in [4.69, 9.17) is 5.73 Å². The van der Waals surface area contributed by atoms with E-state index in [1.54, 1.807) is 22.7 Å². The van der Waals surface area contributed by atoms with Crippen LogP contribution in [-0.2, 0) is 0 Å². The zero-order chi connectivity index (χ0) is 17.4. The smallest absolute Gasteiger partial charge is 0.257 e. The van der Waals surface area contributed by atoms with Gasteiger partial charge in [0.25, 0.3) is 5.91 Å². The van der Waals surface area contributed by atoms with Crippen LogP contribution in [0.25, 0.3) is 10.2 Å². The summed E-state index contributed by atoms with van der Waals surface area (Å²) in [6.07, 6.45) is 3.53. The van der Waals surface area contributed by atoms with Gasteiger partial charge in [0.15, 0.2) is 0 Å². The molecular weight excluding hydrogens is 340 g/mol. The van der Waals surface area contributed by atoms with Crippen molar-refractivity contribution in [2.24, 2.45) is 0 Å². The first-order valence-corrected chi connectivity index (χ1v) is 8.69. The Hall–Kier alpha value is -2.94. The number of fused-ring (bicyclic) bond motifs is 1. The van der Waals surface area contributed by atoms with E-state index in [1.807, 2.05) is 12.1 Å². The molecule has 0 spiro atoms. The van der Waals surface area contributed by atoms with E-state index in [9.17, 15) is 9.90 Å². The molecule has 8 nitrogen and oxygen atoms in total. The van der Waals surface area contributed by atoms with Gasteiger partial charge < -0.3 is 20.6 Å². The summed E-state index contributed by atoms with van der Waals surface area (Å²) in [7, 11) is 0. The van der Waals surface area contributed by atoms with Crippen molar-refractivity contribution in [3.63, 3.8) is 0 Å². The molecule has 3 N–H and O–H groups in total. The zero-order valence-electron chi connectivity index (χ0n) is 13.3. The van der Waals surface area contributed by atoms with E-state index in [-0.39, 0.29) is 17.7 Å². The molecule has 9 heteroatoms. The Balaban J connectivity index is 1.53. The molecule has 0 aromatic carbocycles. The molecule has 1 saturated heterocycles. The van der Waals surface area contributed by atoms with E-state index in [0.717, 1.165) is 18.8 Å². The van der Waals surface area contributed by atoms with Crippen molar-refractivity contribution in [1.29, 1.82) is 0 Å². The highest BCUT2D eigenvalue weighted by Crippen LogP contribution is 2.32. The summed E-state index contributed by atoms with van der Waals surface area (Å²) in [6.45, 7) is 2.73. The number of thiophene rings is 1. The lowest BCUT2D eigenvalue weighted by molar-refractivity contribution is 0.0749. The second-order valence-corrected chi connectivity index (χ2v) is 6.60. The lowest BCUT2D eigenvalue weighted by Crippen LogP contribution is -2.48. The fourth-order valence-electron chi connectivity index (χ4n) is 2.96. The number of pyridine rings is 1. The van der Waals surface area contributed by atoms with Crippen molar-refractivity contribution in [1.82, 2.24) is 19.9 Å². The van der Waals surface area contributed by atoms with Gasteiger partial charge in [-0.15, -0.1) is 11.3 Å². The van der Waals surface area contributed by atoms with Crippen LogP contribution < -0.4 is 10.6 Å². The summed E-state index contributed by atoms with van der Waals surface area (Å²) in [5, 5.41) is 11.6. The van der Waals surface area contributed by atoms with Gasteiger partial charge in [-0.3, -0.25) is 9.78 Å². The van der Waals surface area contributed by atoms with Gasteiger partial charge in [-0.25, -0.2) is 4.98 Å². The van der Waals surface area contributed by atoms with Crippen LogP contribution in [0.5, 0.6) is 5.88 Å². The molecule has 4 heterocycles. The standard InChI is InChI=1S/C16H16N6O2S/c17-16-19-12-11(9-25-13(12)14(23)20-16)15(24)22-7-5-21(6-8-22)10-1-3-18-4-2-10/h1-4,9H,5-8H2,(H3,17,19,20,23). The largest absolute Gasteiger partial charge is 0.492 e. The number of carbonyl (C=O) groups is 1. The lowest BCUT2D eigenvalue weighted by Gasteiger charge is -2.36. The SMILES string of the molecule is Nc1nc(O)c2scc(C(=O)N3CCN(c4ccncc4)CC3)c2n1. The quantitative estimate of drug-likeness (QED) is 0.713. The topological polar surface area (TPSA) is 108 Å². The van der Waals surface area contributed by atoms with Crippen molar-refractivity contribution in [2.75, 3.05) is 36.8 Å². The molecule has 0 saturated carbocycles. The van der Waals surface area contributed by atoms with Gasteiger partial charge in [0.1, 0.15) is 10.2 Å². The number of nitrogen functional groups attached to an aromatic ring is 1. The monoisotopic (exact) mass is 356 g/mol.